The molecule has 3 nitrogen and oxygen atoms in total. The molecule has 2 rings (SSSR count). The molecule has 0 amide bonds. The van der Waals surface area contributed by atoms with Gasteiger partial charge in [0.2, 0.25) is 0 Å². The number of hydrogen-bond acceptors (Lipinski definition) is 3. The number of ketones is 1. The molecule has 1 heterocycles. The van der Waals surface area contributed by atoms with Crippen LogP contribution in [-0.4, -0.2) is 43.4 Å². The van der Waals surface area contributed by atoms with Crippen molar-refractivity contribution in [3.63, 3.8) is 0 Å². The summed E-state index contributed by atoms with van der Waals surface area (Å²) in [5, 5.41) is 4.05. The lowest BCUT2D eigenvalue weighted by Gasteiger charge is -2.30. The number of hydrogen-bond donors (Lipinski definition) is 1. The molecule has 1 aliphatic rings. The van der Waals surface area contributed by atoms with Crippen LogP contribution in [0.4, 0.5) is 0 Å². The second-order valence-electron chi connectivity index (χ2n) is 4.97. The molecule has 0 saturated carbocycles. The summed E-state index contributed by atoms with van der Waals surface area (Å²) in [5.74, 6) is 0.279. The highest BCUT2D eigenvalue weighted by Crippen LogP contribution is 2.22. The zero-order valence-corrected chi connectivity index (χ0v) is 12.1. The van der Waals surface area contributed by atoms with Crippen molar-refractivity contribution in [2.24, 2.45) is 0 Å². The van der Waals surface area contributed by atoms with Crippen molar-refractivity contribution >= 4 is 17.4 Å². The van der Waals surface area contributed by atoms with E-state index in [1.165, 1.54) is 0 Å². The molecule has 19 heavy (non-hydrogen) atoms. The predicted octanol–water partition coefficient (Wildman–Crippen LogP) is 2.31. The number of piperazine rings is 1. The van der Waals surface area contributed by atoms with Crippen LogP contribution < -0.4 is 5.32 Å². The number of carbonyl (C=O) groups is 1. The molecular weight excluding hydrogens is 260 g/mol. The van der Waals surface area contributed by atoms with E-state index in [-0.39, 0.29) is 5.92 Å². The second-order valence-corrected chi connectivity index (χ2v) is 5.41. The van der Waals surface area contributed by atoms with Gasteiger partial charge in [0, 0.05) is 44.2 Å². The highest BCUT2D eigenvalue weighted by atomic mass is 35.5. The lowest BCUT2D eigenvalue weighted by Crippen LogP contribution is -2.45. The largest absolute Gasteiger partial charge is 0.314 e. The molecule has 104 valence electrons. The maximum absolute atomic E-state index is 12.2. The summed E-state index contributed by atoms with van der Waals surface area (Å²) in [5.41, 5.74) is 1.08. The maximum atomic E-state index is 12.2. The SMILES string of the molecule is CCC(=O)[C@H](CN1CCNCC1)c1ccc(Cl)cc1. The van der Waals surface area contributed by atoms with E-state index in [1.54, 1.807) is 0 Å². The number of Topliss-reactive ketones (excluding diaryl/α,β-unsaturated/α-hetero) is 1. The Labute approximate surface area is 119 Å². The van der Waals surface area contributed by atoms with Crippen LogP contribution in [0.5, 0.6) is 0 Å². The summed E-state index contributed by atoms with van der Waals surface area (Å²) in [4.78, 5) is 14.6. The minimum atomic E-state index is -0.0274. The van der Waals surface area contributed by atoms with Gasteiger partial charge in [0.1, 0.15) is 5.78 Å². The van der Waals surface area contributed by atoms with E-state index < -0.39 is 0 Å². The quantitative estimate of drug-likeness (QED) is 0.898. The molecule has 1 fully saturated rings. The zero-order valence-electron chi connectivity index (χ0n) is 11.4. The van der Waals surface area contributed by atoms with Crippen LogP contribution in [0.2, 0.25) is 5.02 Å². The van der Waals surface area contributed by atoms with E-state index in [0.29, 0.717) is 17.2 Å². The van der Waals surface area contributed by atoms with E-state index in [9.17, 15) is 4.79 Å². The van der Waals surface area contributed by atoms with Gasteiger partial charge in [0.25, 0.3) is 0 Å². The highest BCUT2D eigenvalue weighted by molar-refractivity contribution is 6.30. The average Bonchev–Trinajstić information content (AvgIpc) is 2.46. The van der Waals surface area contributed by atoms with Crippen molar-refractivity contribution in [2.75, 3.05) is 32.7 Å². The lowest BCUT2D eigenvalue weighted by molar-refractivity contribution is -0.120. The van der Waals surface area contributed by atoms with Crippen LogP contribution in [0.15, 0.2) is 24.3 Å². The van der Waals surface area contributed by atoms with Crippen molar-refractivity contribution in [1.29, 1.82) is 0 Å². The predicted molar refractivity (Wildman–Crippen MR) is 78.8 cm³/mol. The van der Waals surface area contributed by atoms with Gasteiger partial charge in [-0.15, -0.1) is 0 Å². The van der Waals surface area contributed by atoms with Gasteiger partial charge < -0.3 is 5.32 Å². The first-order chi connectivity index (χ1) is 9.20. The fourth-order valence-corrected chi connectivity index (χ4v) is 2.61. The Morgan fingerprint density at radius 3 is 2.53 bits per heavy atom. The topological polar surface area (TPSA) is 32.3 Å². The second kappa shape index (κ2) is 7.04. The average molecular weight is 281 g/mol. The molecule has 0 aliphatic carbocycles. The van der Waals surface area contributed by atoms with Crippen molar-refractivity contribution in [1.82, 2.24) is 10.2 Å². The van der Waals surface area contributed by atoms with Gasteiger partial charge in [0.05, 0.1) is 5.92 Å². The third kappa shape index (κ3) is 4.03. The van der Waals surface area contributed by atoms with Crippen LogP contribution in [0.1, 0.15) is 24.8 Å². The van der Waals surface area contributed by atoms with Crippen LogP contribution in [0.3, 0.4) is 0 Å². The monoisotopic (exact) mass is 280 g/mol. The van der Waals surface area contributed by atoms with Crippen molar-refractivity contribution in [3.8, 4) is 0 Å². The van der Waals surface area contributed by atoms with Gasteiger partial charge in [0.15, 0.2) is 0 Å². The number of benzene rings is 1. The minimum Gasteiger partial charge on any atom is -0.314 e. The first-order valence-corrected chi connectivity index (χ1v) is 7.29. The standard InChI is InChI=1S/C15H21ClN2O/c1-2-15(19)14(11-18-9-7-17-8-10-18)12-3-5-13(16)6-4-12/h3-6,14,17H,2,7-11H2,1H3/t14-/m1/s1. The maximum Gasteiger partial charge on any atom is 0.141 e. The van der Waals surface area contributed by atoms with Gasteiger partial charge in [-0.3, -0.25) is 9.69 Å². The molecule has 1 aromatic carbocycles. The first kappa shape index (κ1) is 14.5. The van der Waals surface area contributed by atoms with Crippen LogP contribution >= 0.6 is 11.6 Å². The van der Waals surface area contributed by atoms with E-state index >= 15 is 0 Å². The Kier molecular flexibility index (Phi) is 5.37. The van der Waals surface area contributed by atoms with E-state index in [0.717, 1.165) is 38.3 Å². The van der Waals surface area contributed by atoms with Crippen molar-refractivity contribution in [2.45, 2.75) is 19.3 Å². The van der Waals surface area contributed by atoms with Gasteiger partial charge >= 0.3 is 0 Å². The Hall–Kier alpha value is -0.900. The summed E-state index contributed by atoms with van der Waals surface area (Å²) in [7, 11) is 0. The molecule has 1 atom stereocenters. The molecule has 1 saturated heterocycles. The summed E-state index contributed by atoms with van der Waals surface area (Å²) in [6, 6.07) is 7.68. The zero-order chi connectivity index (χ0) is 13.7. The Balaban J connectivity index is 2.10. The third-order valence-corrected chi connectivity index (χ3v) is 3.91. The summed E-state index contributed by atoms with van der Waals surface area (Å²) < 4.78 is 0. The van der Waals surface area contributed by atoms with Crippen LogP contribution in [0.25, 0.3) is 0 Å². The van der Waals surface area contributed by atoms with Crippen LogP contribution in [-0.2, 0) is 4.79 Å². The molecule has 1 N–H and O–H groups in total. The van der Waals surface area contributed by atoms with Crippen LogP contribution in [0, 0.1) is 0 Å². The normalized spacial score (nSPS) is 18.2. The Morgan fingerprint density at radius 2 is 1.95 bits per heavy atom. The number of carbonyl (C=O) groups excluding carboxylic acids is 1. The number of rotatable bonds is 5. The summed E-state index contributed by atoms with van der Waals surface area (Å²) in [6.45, 7) is 6.79. The Morgan fingerprint density at radius 1 is 1.32 bits per heavy atom. The fourth-order valence-electron chi connectivity index (χ4n) is 2.49. The smallest absolute Gasteiger partial charge is 0.141 e. The molecular formula is C15H21ClN2O. The Bertz CT molecular complexity index is 413. The minimum absolute atomic E-state index is 0.0274. The number of nitrogens with zero attached hydrogens (tertiary/aromatic N) is 1. The van der Waals surface area contributed by atoms with Crippen molar-refractivity contribution in [3.05, 3.63) is 34.9 Å². The summed E-state index contributed by atoms with van der Waals surface area (Å²) >= 11 is 5.92. The molecule has 0 unspecified atom stereocenters. The molecule has 1 aromatic rings. The van der Waals surface area contributed by atoms with Gasteiger partial charge in [-0.2, -0.15) is 0 Å². The number of nitrogens with one attached hydrogen (secondary N) is 1. The van der Waals surface area contributed by atoms with Gasteiger partial charge in [-0.05, 0) is 17.7 Å². The highest BCUT2D eigenvalue weighted by Gasteiger charge is 2.23. The molecule has 4 heteroatoms. The van der Waals surface area contributed by atoms with E-state index in [4.69, 9.17) is 11.6 Å². The molecule has 0 spiro atoms. The fraction of sp³-hybridized carbons (Fsp3) is 0.533. The molecule has 0 aromatic heterocycles. The molecule has 1 aliphatic heterocycles. The third-order valence-electron chi connectivity index (χ3n) is 3.66. The van der Waals surface area contributed by atoms with Gasteiger partial charge in [-0.25, -0.2) is 0 Å². The van der Waals surface area contributed by atoms with Crippen molar-refractivity contribution < 1.29 is 4.79 Å². The van der Waals surface area contributed by atoms with E-state index in [2.05, 4.69) is 10.2 Å². The van der Waals surface area contributed by atoms with Gasteiger partial charge in [-0.1, -0.05) is 30.7 Å². The lowest BCUT2D eigenvalue weighted by atomic mass is 9.92. The van der Waals surface area contributed by atoms with E-state index in [1.807, 2.05) is 31.2 Å². The summed E-state index contributed by atoms with van der Waals surface area (Å²) in [6.07, 6.45) is 0.583. The molecule has 0 bridgehead atoms. The number of halogens is 1. The first-order valence-electron chi connectivity index (χ1n) is 6.92. The molecule has 0 radical (unpaired) electrons.